The molecule has 30 heavy (non-hydrogen) atoms. The smallest absolute Gasteiger partial charge is 0.314 e. The third kappa shape index (κ3) is 4.45. The van der Waals surface area contributed by atoms with Crippen LogP contribution in [0.3, 0.4) is 0 Å². The molecule has 0 atom stereocenters. The molecule has 2 heterocycles. The molecule has 1 aliphatic heterocycles. The van der Waals surface area contributed by atoms with Crippen molar-refractivity contribution in [2.45, 2.75) is 18.8 Å². The minimum absolute atomic E-state index is 0.142. The second-order valence-corrected chi connectivity index (χ2v) is 8.15. The number of amides is 2. The number of piperidine rings is 1. The summed E-state index contributed by atoms with van der Waals surface area (Å²) in [4.78, 5) is 13.7. The van der Waals surface area contributed by atoms with Crippen molar-refractivity contribution in [2.24, 2.45) is 0 Å². The van der Waals surface area contributed by atoms with E-state index in [9.17, 15) is 9.18 Å². The maximum absolute atomic E-state index is 13.4. The van der Waals surface area contributed by atoms with Crippen molar-refractivity contribution in [3.05, 3.63) is 65.1 Å². The Bertz CT molecular complexity index is 1030. The van der Waals surface area contributed by atoms with Gasteiger partial charge in [0, 0.05) is 42.4 Å². The molecular weight excluding hydrogens is 403 g/mol. The Morgan fingerprint density at radius 1 is 1.17 bits per heavy atom. The summed E-state index contributed by atoms with van der Waals surface area (Å²) in [5, 5.41) is 7.30. The molecule has 1 aliphatic rings. The molecule has 0 saturated carbocycles. The first-order chi connectivity index (χ1) is 14.5. The molecule has 0 bridgehead atoms. The van der Waals surface area contributed by atoms with Gasteiger partial charge in [0.15, 0.2) is 0 Å². The van der Waals surface area contributed by atoms with Gasteiger partial charge in [0.1, 0.15) is 5.82 Å². The number of aromatic nitrogens is 1. The highest BCUT2D eigenvalue weighted by Crippen LogP contribution is 2.36. The van der Waals surface area contributed by atoms with Crippen molar-refractivity contribution in [1.82, 2.24) is 20.1 Å². The predicted octanol–water partition coefficient (Wildman–Crippen LogP) is 4.53. The average Bonchev–Trinajstić information content (AvgIpc) is 3.13. The Morgan fingerprint density at radius 3 is 2.60 bits per heavy atom. The van der Waals surface area contributed by atoms with Crippen LogP contribution in [0.25, 0.3) is 16.6 Å². The van der Waals surface area contributed by atoms with Crippen LogP contribution in [0, 0.1) is 5.82 Å². The van der Waals surface area contributed by atoms with Gasteiger partial charge >= 0.3 is 6.03 Å². The Labute approximate surface area is 180 Å². The third-order valence-corrected chi connectivity index (χ3v) is 6.11. The van der Waals surface area contributed by atoms with Crippen molar-refractivity contribution >= 4 is 28.5 Å². The van der Waals surface area contributed by atoms with Gasteiger partial charge in [-0.2, -0.15) is 0 Å². The van der Waals surface area contributed by atoms with Crippen LogP contribution in [-0.4, -0.2) is 48.7 Å². The molecule has 2 aromatic carbocycles. The fraction of sp³-hybridized carbons (Fsp3) is 0.348. The van der Waals surface area contributed by atoms with Crippen LogP contribution in [0.1, 0.15) is 24.3 Å². The van der Waals surface area contributed by atoms with Crippen LogP contribution in [-0.2, 0) is 0 Å². The molecule has 2 N–H and O–H groups in total. The standard InChI is InChI=1S/C23H26ClFN4O/c1-26-23(30)27-10-13-28-11-8-16(9-12-28)21-15-29(19-5-3-18(25)4-6-19)22-14-17(24)2-7-20(21)22/h2-7,14-16H,8-13H2,1H3,(H2,26,27,30). The Hall–Kier alpha value is -2.57. The maximum atomic E-state index is 13.4. The van der Waals surface area contributed by atoms with Gasteiger partial charge < -0.3 is 20.1 Å². The van der Waals surface area contributed by atoms with Gasteiger partial charge in [-0.25, -0.2) is 9.18 Å². The van der Waals surface area contributed by atoms with Gasteiger partial charge in [-0.15, -0.1) is 0 Å². The predicted molar refractivity (Wildman–Crippen MR) is 119 cm³/mol. The van der Waals surface area contributed by atoms with E-state index in [0.29, 0.717) is 17.5 Å². The molecule has 4 rings (SSSR count). The molecule has 0 aliphatic carbocycles. The Kier molecular flexibility index (Phi) is 6.25. The number of carbonyl (C=O) groups excluding carboxylic acids is 1. The largest absolute Gasteiger partial charge is 0.341 e. The molecule has 2 amide bonds. The lowest BCUT2D eigenvalue weighted by atomic mass is 9.89. The lowest BCUT2D eigenvalue weighted by Gasteiger charge is -2.32. The summed E-state index contributed by atoms with van der Waals surface area (Å²) in [5.41, 5.74) is 3.28. The second kappa shape index (κ2) is 9.06. The number of hydrogen-bond acceptors (Lipinski definition) is 2. The highest BCUT2D eigenvalue weighted by atomic mass is 35.5. The zero-order valence-corrected chi connectivity index (χ0v) is 17.8. The molecule has 5 nitrogen and oxygen atoms in total. The number of halogens is 2. The summed E-state index contributed by atoms with van der Waals surface area (Å²) in [6, 6.07) is 12.4. The van der Waals surface area contributed by atoms with Gasteiger partial charge in [-0.05, 0) is 73.8 Å². The van der Waals surface area contributed by atoms with Crippen molar-refractivity contribution in [1.29, 1.82) is 0 Å². The molecule has 3 aromatic rings. The lowest BCUT2D eigenvalue weighted by Crippen LogP contribution is -2.41. The average molecular weight is 429 g/mol. The normalized spacial score (nSPS) is 15.4. The molecule has 0 unspecified atom stereocenters. The van der Waals surface area contributed by atoms with E-state index in [4.69, 9.17) is 11.6 Å². The zero-order chi connectivity index (χ0) is 21.1. The van der Waals surface area contributed by atoms with Gasteiger partial charge in [0.05, 0.1) is 5.52 Å². The van der Waals surface area contributed by atoms with Crippen LogP contribution in [0.4, 0.5) is 9.18 Å². The van der Waals surface area contributed by atoms with Crippen LogP contribution >= 0.6 is 11.6 Å². The summed E-state index contributed by atoms with van der Waals surface area (Å²) in [6.45, 7) is 3.49. The van der Waals surface area contributed by atoms with E-state index < -0.39 is 0 Å². The van der Waals surface area contributed by atoms with Crippen LogP contribution < -0.4 is 10.6 Å². The van der Waals surface area contributed by atoms with Crippen molar-refractivity contribution in [3.8, 4) is 5.69 Å². The third-order valence-electron chi connectivity index (χ3n) is 5.87. The number of hydrogen-bond donors (Lipinski definition) is 2. The first-order valence-electron chi connectivity index (χ1n) is 10.3. The highest BCUT2D eigenvalue weighted by molar-refractivity contribution is 6.31. The summed E-state index contributed by atoms with van der Waals surface area (Å²) in [6.07, 6.45) is 4.30. The minimum Gasteiger partial charge on any atom is -0.341 e. The van der Waals surface area contributed by atoms with Gasteiger partial charge in [-0.3, -0.25) is 0 Å². The molecule has 1 saturated heterocycles. The first kappa shape index (κ1) is 20.7. The maximum Gasteiger partial charge on any atom is 0.314 e. The number of carbonyl (C=O) groups is 1. The second-order valence-electron chi connectivity index (χ2n) is 7.71. The first-order valence-corrected chi connectivity index (χ1v) is 10.7. The molecule has 0 spiro atoms. The number of fused-ring (bicyclic) bond motifs is 1. The number of likely N-dealkylation sites (tertiary alicyclic amines) is 1. The van der Waals surface area contributed by atoms with E-state index in [1.165, 1.54) is 23.1 Å². The number of benzene rings is 2. The fourth-order valence-corrected chi connectivity index (χ4v) is 4.42. The Balaban J connectivity index is 1.52. The quantitative estimate of drug-likeness (QED) is 0.627. The molecule has 7 heteroatoms. The van der Waals surface area contributed by atoms with Gasteiger partial charge in [0.2, 0.25) is 0 Å². The van der Waals surface area contributed by atoms with Crippen molar-refractivity contribution in [2.75, 3.05) is 33.2 Å². The molecule has 1 aromatic heterocycles. The van der Waals surface area contributed by atoms with Crippen molar-refractivity contribution < 1.29 is 9.18 Å². The number of nitrogens with zero attached hydrogens (tertiary/aromatic N) is 2. The van der Waals surface area contributed by atoms with E-state index in [-0.39, 0.29) is 11.8 Å². The summed E-state index contributed by atoms with van der Waals surface area (Å²) >= 11 is 6.28. The fourth-order valence-electron chi connectivity index (χ4n) is 4.25. The molecular formula is C23H26ClFN4O. The van der Waals surface area contributed by atoms with E-state index in [2.05, 4.69) is 32.4 Å². The number of nitrogens with one attached hydrogen (secondary N) is 2. The number of urea groups is 1. The highest BCUT2D eigenvalue weighted by Gasteiger charge is 2.24. The molecule has 1 fully saturated rings. The monoisotopic (exact) mass is 428 g/mol. The van der Waals surface area contributed by atoms with Crippen LogP contribution in [0.5, 0.6) is 0 Å². The van der Waals surface area contributed by atoms with E-state index in [1.807, 2.05) is 12.1 Å². The number of rotatable bonds is 5. The summed E-state index contributed by atoms with van der Waals surface area (Å²) in [5.74, 6) is 0.213. The Morgan fingerprint density at radius 2 is 1.90 bits per heavy atom. The zero-order valence-electron chi connectivity index (χ0n) is 17.0. The molecule has 158 valence electrons. The van der Waals surface area contributed by atoms with Crippen molar-refractivity contribution in [3.63, 3.8) is 0 Å². The summed E-state index contributed by atoms with van der Waals surface area (Å²) in [7, 11) is 1.62. The topological polar surface area (TPSA) is 49.3 Å². The molecule has 0 radical (unpaired) electrons. The minimum atomic E-state index is -0.244. The van der Waals surface area contributed by atoms with Crippen LogP contribution in [0.15, 0.2) is 48.7 Å². The van der Waals surface area contributed by atoms with Gasteiger partial charge in [0.25, 0.3) is 0 Å². The lowest BCUT2D eigenvalue weighted by molar-refractivity contribution is 0.209. The SMILES string of the molecule is CNC(=O)NCCN1CCC(c2cn(-c3ccc(F)cc3)c3cc(Cl)ccc23)CC1. The van der Waals surface area contributed by atoms with E-state index >= 15 is 0 Å². The van der Waals surface area contributed by atoms with E-state index in [1.54, 1.807) is 19.2 Å². The summed E-state index contributed by atoms with van der Waals surface area (Å²) < 4.78 is 15.5. The van der Waals surface area contributed by atoms with Crippen LogP contribution in [0.2, 0.25) is 5.02 Å². The van der Waals surface area contributed by atoms with Gasteiger partial charge in [-0.1, -0.05) is 17.7 Å². The van der Waals surface area contributed by atoms with E-state index in [0.717, 1.165) is 43.7 Å².